The van der Waals surface area contributed by atoms with Crippen LogP contribution in [0.25, 0.3) is 0 Å². The zero-order chi connectivity index (χ0) is 14.7. The Morgan fingerprint density at radius 2 is 1.95 bits per heavy atom. The van der Waals surface area contributed by atoms with E-state index in [-0.39, 0.29) is 29.7 Å². The highest BCUT2D eigenvalue weighted by atomic mass is 16.5. The fourth-order valence-corrected chi connectivity index (χ4v) is 2.10. The minimum absolute atomic E-state index is 0.0363. The normalized spacial score (nSPS) is 20.4. The minimum atomic E-state index is -0.222. The van der Waals surface area contributed by atoms with Crippen molar-refractivity contribution in [3.63, 3.8) is 0 Å². The van der Waals surface area contributed by atoms with Gasteiger partial charge in [-0.2, -0.15) is 0 Å². The molecule has 1 aliphatic carbocycles. The van der Waals surface area contributed by atoms with Crippen LogP contribution in [-0.4, -0.2) is 25.0 Å². The molecule has 0 bridgehead atoms. The van der Waals surface area contributed by atoms with Crippen LogP contribution >= 0.6 is 0 Å². The lowest BCUT2D eigenvalue weighted by Crippen LogP contribution is -2.32. The van der Waals surface area contributed by atoms with Crippen LogP contribution in [0.3, 0.4) is 0 Å². The lowest BCUT2D eigenvalue weighted by Gasteiger charge is -2.08. The maximum atomic E-state index is 12.0. The van der Waals surface area contributed by atoms with Gasteiger partial charge in [0.15, 0.2) is 0 Å². The van der Waals surface area contributed by atoms with Crippen LogP contribution in [0.15, 0.2) is 24.3 Å². The highest BCUT2D eigenvalue weighted by Crippen LogP contribution is 2.39. The molecule has 5 heteroatoms. The molecule has 2 atom stereocenters. The summed E-state index contributed by atoms with van der Waals surface area (Å²) >= 11 is 0. The Labute approximate surface area is 118 Å². The molecule has 0 aliphatic heterocycles. The molecule has 1 aromatic rings. The van der Waals surface area contributed by atoms with E-state index in [0.29, 0.717) is 17.9 Å². The van der Waals surface area contributed by atoms with Crippen LogP contribution < -0.4 is 15.4 Å². The average molecular weight is 276 g/mol. The minimum Gasteiger partial charge on any atom is -0.497 e. The quantitative estimate of drug-likeness (QED) is 0.861. The molecular formula is C15H20N2O3. The molecule has 1 saturated carbocycles. The van der Waals surface area contributed by atoms with Crippen LogP contribution in [0, 0.1) is 11.8 Å². The molecule has 2 rings (SSSR count). The van der Waals surface area contributed by atoms with E-state index >= 15 is 0 Å². The number of hydrogen-bond donors (Lipinski definition) is 2. The van der Waals surface area contributed by atoms with Crippen molar-refractivity contribution in [1.29, 1.82) is 0 Å². The van der Waals surface area contributed by atoms with Crippen LogP contribution in [-0.2, 0) is 9.59 Å². The molecule has 0 spiro atoms. The monoisotopic (exact) mass is 276 g/mol. The van der Waals surface area contributed by atoms with E-state index in [0.717, 1.165) is 0 Å². The standard InChI is InChI=1S/C15H20N2O3/c1-9(2)16-14(18)12-8-13(12)15(19)17-10-5-4-6-11(7-10)20-3/h4-7,9,12-13H,8H2,1-3H3,(H,16,18)(H,17,19). The number of amides is 2. The number of methoxy groups -OCH3 is 1. The molecule has 1 aromatic carbocycles. The van der Waals surface area contributed by atoms with E-state index in [1.807, 2.05) is 26.0 Å². The van der Waals surface area contributed by atoms with Crippen LogP contribution in [0.5, 0.6) is 5.75 Å². The molecule has 1 fully saturated rings. The van der Waals surface area contributed by atoms with Crippen molar-refractivity contribution >= 4 is 17.5 Å². The van der Waals surface area contributed by atoms with Gasteiger partial charge in [0, 0.05) is 17.8 Å². The number of ether oxygens (including phenoxy) is 1. The summed E-state index contributed by atoms with van der Waals surface area (Å²) in [6.45, 7) is 3.82. The number of anilines is 1. The molecule has 0 radical (unpaired) electrons. The Balaban J connectivity index is 1.89. The summed E-state index contributed by atoms with van der Waals surface area (Å²) in [6, 6.07) is 7.27. The molecule has 2 unspecified atom stereocenters. The van der Waals surface area contributed by atoms with Gasteiger partial charge in [0.1, 0.15) is 5.75 Å². The zero-order valence-corrected chi connectivity index (χ0v) is 12.0. The summed E-state index contributed by atoms with van der Waals surface area (Å²) in [7, 11) is 1.58. The Morgan fingerprint density at radius 3 is 2.60 bits per heavy atom. The van der Waals surface area contributed by atoms with Crippen molar-refractivity contribution in [1.82, 2.24) is 5.32 Å². The molecule has 0 saturated heterocycles. The van der Waals surface area contributed by atoms with E-state index in [9.17, 15) is 9.59 Å². The van der Waals surface area contributed by atoms with Gasteiger partial charge in [-0.25, -0.2) is 0 Å². The molecule has 1 aliphatic rings. The summed E-state index contributed by atoms with van der Waals surface area (Å²) in [5.74, 6) is 0.128. The van der Waals surface area contributed by atoms with Crippen molar-refractivity contribution in [3.05, 3.63) is 24.3 Å². The van der Waals surface area contributed by atoms with E-state index in [1.54, 1.807) is 19.2 Å². The highest BCUT2D eigenvalue weighted by Gasteiger charge is 2.48. The first-order chi connectivity index (χ1) is 9.51. The Morgan fingerprint density at radius 1 is 1.25 bits per heavy atom. The first kappa shape index (κ1) is 14.4. The number of carbonyl (C=O) groups excluding carboxylic acids is 2. The van der Waals surface area contributed by atoms with Crippen LogP contribution in [0.1, 0.15) is 20.3 Å². The fraction of sp³-hybridized carbons (Fsp3) is 0.467. The number of hydrogen-bond acceptors (Lipinski definition) is 3. The molecule has 2 amide bonds. The van der Waals surface area contributed by atoms with E-state index in [2.05, 4.69) is 10.6 Å². The fourth-order valence-electron chi connectivity index (χ4n) is 2.10. The van der Waals surface area contributed by atoms with Crippen molar-refractivity contribution in [2.75, 3.05) is 12.4 Å². The van der Waals surface area contributed by atoms with Gasteiger partial charge in [0.2, 0.25) is 11.8 Å². The highest BCUT2D eigenvalue weighted by molar-refractivity contribution is 5.99. The summed E-state index contributed by atoms with van der Waals surface area (Å²) < 4.78 is 5.10. The smallest absolute Gasteiger partial charge is 0.228 e. The number of benzene rings is 1. The second-order valence-electron chi connectivity index (χ2n) is 5.33. The van der Waals surface area contributed by atoms with Crippen LogP contribution in [0.2, 0.25) is 0 Å². The van der Waals surface area contributed by atoms with Crippen molar-refractivity contribution in [2.45, 2.75) is 26.3 Å². The summed E-state index contributed by atoms with van der Waals surface area (Å²) in [5.41, 5.74) is 0.685. The Hall–Kier alpha value is -2.04. The van der Waals surface area contributed by atoms with Crippen molar-refractivity contribution < 1.29 is 14.3 Å². The molecule has 0 heterocycles. The topological polar surface area (TPSA) is 67.4 Å². The predicted octanol–water partition coefficient (Wildman–Crippen LogP) is 1.79. The van der Waals surface area contributed by atoms with E-state index in [4.69, 9.17) is 4.74 Å². The van der Waals surface area contributed by atoms with Gasteiger partial charge in [-0.3, -0.25) is 9.59 Å². The zero-order valence-electron chi connectivity index (χ0n) is 12.0. The Kier molecular flexibility index (Phi) is 4.27. The molecule has 20 heavy (non-hydrogen) atoms. The number of carbonyl (C=O) groups is 2. The molecule has 0 aromatic heterocycles. The van der Waals surface area contributed by atoms with Gasteiger partial charge in [0.05, 0.1) is 18.9 Å². The van der Waals surface area contributed by atoms with Crippen molar-refractivity contribution in [3.8, 4) is 5.75 Å². The lowest BCUT2D eigenvalue weighted by atomic mass is 10.2. The van der Waals surface area contributed by atoms with E-state index in [1.165, 1.54) is 0 Å². The third-order valence-electron chi connectivity index (χ3n) is 3.23. The first-order valence-electron chi connectivity index (χ1n) is 6.76. The second-order valence-corrected chi connectivity index (χ2v) is 5.33. The second kappa shape index (κ2) is 5.94. The average Bonchev–Trinajstić information content (AvgIpc) is 3.18. The molecule has 108 valence electrons. The van der Waals surface area contributed by atoms with Gasteiger partial charge in [-0.15, -0.1) is 0 Å². The van der Waals surface area contributed by atoms with Crippen molar-refractivity contribution in [2.24, 2.45) is 11.8 Å². The number of rotatable bonds is 5. The third-order valence-corrected chi connectivity index (χ3v) is 3.23. The Bertz CT molecular complexity index is 514. The third kappa shape index (κ3) is 3.50. The first-order valence-corrected chi connectivity index (χ1v) is 6.76. The summed E-state index contributed by atoms with van der Waals surface area (Å²) in [4.78, 5) is 23.8. The SMILES string of the molecule is COc1cccc(NC(=O)C2CC2C(=O)NC(C)C)c1. The van der Waals surface area contributed by atoms with Gasteiger partial charge in [-0.1, -0.05) is 6.07 Å². The van der Waals surface area contributed by atoms with Gasteiger partial charge < -0.3 is 15.4 Å². The predicted molar refractivity (Wildman–Crippen MR) is 76.5 cm³/mol. The van der Waals surface area contributed by atoms with Gasteiger partial charge >= 0.3 is 0 Å². The van der Waals surface area contributed by atoms with E-state index < -0.39 is 0 Å². The van der Waals surface area contributed by atoms with Crippen LogP contribution in [0.4, 0.5) is 5.69 Å². The largest absolute Gasteiger partial charge is 0.497 e. The summed E-state index contributed by atoms with van der Waals surface area (Å²) in [5, 5.41) is 5.65. The molecule has 5 nitrogen and oxygen atoms in total. The summed E-state index contributed by atoms with van der Waals surface area (Å²) in [6.07, 6.45) is 0.619. The maximum absolute atomic E-state index is 12.0. The lowest BCUT2D eigenvalue weighted by molar-refractivity contribution is -0.125. The maximum Gasteiger partial charge on any atom is 0.228 e. The number of nitrogens with one attached hydrogen (secondary N) is 2. The van der Waals surface area contributed by atoms with Gasteiger partial charge in [0.25, 0.3) is 0 Å². The molecular weight excluding hydrogens is 256 g/mol. The van der Waals surface area contributed by atoms with Gasteiger partial charge in [-0.05, 0) is 32.4 Å². The molecule has 2 N–H and O–H groups in total.